The van der Waals surface area contributed by atoms with E-state index in [-0.39, 0.29) is 0 Å². The fraction of sp³-hybridized carbons (Fsp3) is 0.583. The van der Waals surface area contributed by atoms with Crippen LogP contribution in [0.3, 0.4) is 0 Å². The van der Waals surface area contributed by atoms with Crippen LogP contribution >= 0.6 is 0 Å². The maximum atomic E-state index is 5.49. The number of likely N-dealkylation sites (N-methyl/N-ethyl adjacent to an activating group) is 1. The summed E-state index contributed by atoms with van der Waals surface area (Å²) in [5.41, 5.74) is 0. The molecular weight excluding hydrogens is 202 g/mol. The van der Waals surface area contributed by atoms with E-state index >= 15 is 0 Å². The maximum Gasteiger partial charge on any atom is 0.168 e. The summed E-state index contributed by atoms with van der Waals surface area (Å²) in [6, 6.07) is 4.27. The summed E-state index contributed by atoms with van der Waals surface area (Å²) in [6.45, 7) is 5.64. The first kappa shape index (κ1) is 12.8. The van der Waals surface area contributed by atoms with Crippen molar-refractivity contribution in [2.24, 2.45) is 0 Å². The molecule has 0 radical (unpaired) electrons. The van der Waals surface area contributed by atoms with Gasteiger partial charge in [-0.3, -0.25) is 0 Å². The molecule has 1 unspecified atom stereocenters. The molecular formula is C12H21N3O. The highest BCUT2D eigenvalue weighted by molar-refractivity contribution is 5.49. The number of nitrogens with one attached hydrogen (secondary N) is 1. The van der Waals surface area contributed by atoms with Gasteiger partial charge in [0.05, 0.1) is 6.61 Å². The van der Waals surface area contributed by atoms with Crippen LogP contribution in [0.25, 0.3) is 0 Å². The molecule has 0 spiro atoms. The normalized spacial score (nSPS) is 12.6. The minimum absolute atomic E-state index is 0.455. The monoisotopic (exact) mass is 223 g/mol. The molecule has 0 bridgehead atoms. The smallest absolute Gasteiger partial charge is 0.168 e. The van der Waals surface area contributed by atoms with Gasteiger partial charge in [0.2, 0.25) is 0 Å². The number of ether oxygens (including phenoxy) is 1. The zero-order valence-electron chi connectivity index (χ0n) is 10.5. The van der Waals surface area contributed by atoms with Crippen LogP contribution in [0.4, 0.5) is 5.82 Å². The van der Waals surface area contributed by atoms with Gasteiger partial charge in [-0.2, -0.15) is 0 Å². The van der Waals surface area contributed by atoms with Gasteiger partial charge in [0.25, 0.3) is 0 Å². The summed E-state index contributed by atoms with van der Waals surface area (Å²) in [5, 5.41) is 3.30. The second kappa shape index (κ2) is 6.33. The fourth-order valence-electron chi connectivity index (χ4n) is 1.22. The van der Waals surface area contributed by atoms with Crippen molar-refractivity contribution in [3.63, 3.8) is 0 Å². The molecule has 0 aliphatic rings. The predicted molar refractivity (Wildman–Crippen MR) is 67.0 cm³/mol. The summed E-state index contributed by atoms with van der Waals surface area (Å²) >= 11 is 0. The lowest BCUT2D eigenvalue weighted by Crippen LogP contribution is -2.31. The van der Waals surface area contributed by atoms with Gasteiger partial charge in [-0.25, -0.2) is 4.98 Å². The topological polar surface area (TPSA) is 37.4 Å². The number of pyridine rings is 1. The molecule has 0 aliphatic heterocycles. The maximum absolute atomic E-state index is 5.49. The molecule has 0 aromatic carbocycles. The number of nitrogens with zero attached hydrogens (tertiary/aromatic N) is 2. The molecule has 90 valence electrons. The van der Waals surface area contributed by atoms with E-state index in [0.717, 1.165) is 18.1 Å². The molecule has 1 N–H and O–H groups in total. The van der Waals surface area contributed by atoms with Crippen molar-refractivity contribution in [1.29, 1.82) is 0 Å². The van der Waals surface area contributed by atoms with Crippen LogP contribution in [0, 0.1) is 0 Å². The molecule has 0 fully saturated rings. The Hall–Kier alpha value is -1.29. The van der Waals surface area contributed by atoms with E-state index < -0.39 is 0 Å². The Bertz CT molecular complexity index is 315. The van der Waals surface area contributed by atoms with Crippen LogP contribution in [-0.4, -0.2) is 43.2 Å². The molecule has 1 heterocycles. The zero-order chi connectivity index (χ0) is 12.0. The average molecular weight is 223 g/mol. The number of rotatable bonds is 6. The first-order valence-corrected chi connectivity index (χ1v) is 5.63. The molecule has 0 amide bonds. The number of hydrogen-bond acceptors (Lipinski definition) is 4. The third-order valence-corrected chi connectivity index (χ3v) is 2.52. The summed E-state index contributed by atoms with van der Waals surface area (Å²) in [5.74, 6) is 1.63. The SMILES string of the molecule is CCOc1cccnc1NCC(C)N(C)C. The van der Waals surface area contributed by atoms with Gasteiger partial charge in [-0.15, -0.1) is 0 Å². The molecule has 0 saturated carbocycles. The molecule has 1 aromatic rings. The number of anilines is 1. The summed E-state index contributed by atoms with van der Waals surface area (Å²) in [4.78, 5) is 6.44. The molecule has 0 saturated heterocycles. The lowest BCUT2D eigenvalue weighted by molar-refractivity contribution is 0.323. The highest BCUT2D eigenvalue weighted by atomic mass is 16.5. The molecule has 4 heteroatoms. The van der Waals surface area contributed by atoms with Gasteiger partial charge in [-0.1, -0.05) is 0 Å². The van der Waals surface area contributed by atoms with Crippen molar-refractivity contribution in [2.45, 2.75) is 19.9 Å². The molecule has 1 atom stereocenters. The minimum atomic E-state index is 0.455. The van der Waals surface area contributed by atoms with Gasteiger partial charge in [0.1, 0.15) is 0 Å². The first-order valence-electron chi connectivity index (χ1n) is 5.63. The van der Waals surface area contributed by atoms with Crippen molar-refractivity contribution in [1.82, 2.24) is 9.88 Å². The van der Waals surface area contributed by atoms with Gasteiger partial charge in [-0.05, 0) is 40.1 Å². The Labute approximate surface area is 97.6 Å². The average Bonchev–Trinajstić information content (AvgIpc) is 2.27. The van der Waals surface area contributed by atoms with E-state index in [1.807, 2.05) is 19.1 Å². The Morgan fingerprint density at radius 1 is 1.50 bits per heavy atom. The minimum Gasteiger partial charge on any atom is -0.490 e. The van der Waals surface area contributed by atoms with Crippen molar-refractivity contribution < 1.29 is 4.74 Å². The molecule has 1 aromatic heterocycles. The van der Waals surface area contributed by atoms with Crippen LogP contribution in [0.2, 0.25) is 0 Å². The van der Waals surface area contributed by atoms with Crippen LogP contribution < -0.4 is 10.1 Å². The lowest BCUT2D eigenvalue weighted by Gasteiger charge is -2.21. The third-order valence-electron chi connectivity index (χ3n) is 2.52. The van der Waals surface area contributed by atoms with Crippen LogP contribution in [0.15, 0.2) is 18.3 Å². The molecule has 4 nitrogen and oxygen atoms in total. The number of aromatic nitrogens is 1. The zero-order valence-corrected chi connectivity index (χ0v) is 10.5. The van der Waals surface area contributed by atoms with E-state index in [1.54, 1.807) is 6.20 Å². The van der Waals surface area contributed by atoms with E-state index in [9.17, 15) is 0 Å². The Kier molecular flexibility index (Phi) is 5.05. The van der Waals surface area contributed by atoms with E-state index in [2.05, 4.69) is 36.2 Å². The predicted octanol–water partition coefficient (Wildman–Crippen LogP) is 1.84. The fourth-order valence-corrected chi connectivity index (χ4v) is 1.22. The molecule has 0 aliphatic carbocycles. The van der Waals surface area contributed by atoms with Gasteiger partial charge >= 0.3 is 0 Å². The molecule has 1 rings (SSSR count). The van der Waals surface area contributed by atoms with Crippen molar-refractivity contribution >= 4 is 5.82 Å². The van der Waals surface area contributed by atoms with Gasteiger partial charge < -0.3 is 15.0 Å². The van der Waals surface area contributed by atoms with E-state index in [4.69, 9.17) is 4.74 Å². The van der Waals surface area contributed by atoms with Crippen molar-refractivity contribution in [3.8, 4) is 5.75 Å². The highest BCUT2D eigenvalue weighted by Gasteiger charge is 2.07. The Morgan fingerprint density at radius 2 is 2.25 bits per heavy atom. The standard InChI is InChI=1S/C12H21N3O/c1-5-16-11-7-6-8-13-12(11)14-9-10(2)15(3)4/h6-8,10H,5,9H2,1-4H3,(H,13,14). The van der Waals surface area contributed by atoms with Crippen molar-refractivity contribution in [3.05, 3.63) is 18.3 Å². The highest BCUT2D eigenvalue weighted by Crippen LogP contribution is 2.20. The van der Waals surface area contributed by atoms with Crippen LogP contribution in [0.1, 0.15) is 13.8 Å². The second-order valence-electron chi connectivity index (χ2n) is 3.98. The second-order valence-corrected chi connectivity index (χ2v) is 3.98. The van der Waals surface area contributed by atoms with Gasteiger partial charge in [0.15, 0.2) is 11.6 Å². The van der Waals surface area contributed by atoms with Crippen molar-refractivity contribution in [2.75, 3.05) is 32.6 Å². The summed E-state index contributed by atoms with van der Waals surface area (Å²) in [6.07, 6.45) is 1.77. The summed E-state index contributed by atoms with van der Waals surface area (Å²) in [7, 11) is 4.13. The third kappa shape index (κ3) is 3.70. The number of hydrogen-bond donors (Lipinski definition) is 1. The first-order chi connectivity index (χ1) is 7.65. The Morgan fingerprint density at radius 3 is 2.88 bits per heavy atom. The van der Waals surface area contributed by atoms with Gasteiger partial charge in [0, 0.05) is 18.8 Å². The van der Waals surface area contributed by atoms with E-state index in [0.29, 0.717) is 12.6 Å². The van der Waals surface area contributed by atoms with E-state index in [1.165, 1.54) is 0 Å². The van der Waals surface area contributed by atoms with Crippen LogP contribution in [-0.2, 0) is 0 Å². The lowest BCUT2D eigenvalue weighted by atomic mass is 10.3. The summed E-state index contributed by atoms with van der Waals surface area (Å²) < 4.78 is 5.49. The largest absolute Gasteiger partial charge is 0.490 e. The quantitative estimate of drug-likeness (QED) is 0.798. The Balaban J connectivity index is 2.58. The molecule has 16 heavy (non-hydrogen) atoms. The van der Waals surface area contributed by atoms with Crippen LogP contribution in [0.5, 0.6) is 5.75 Å².